The predicted molar refractivity (Wildman–Crippen MR) is 68.2 cm³/mol. The van der Waals surface area contributed by atoms with E-state index in [0.717, 1.165) is 10.6 Å². The maximum atomic E-state index is 5.99. The summed E-state index contributed by atoms with van der Waals surface area (Å²) in [4.78, 5) is 0.970. The van der Waals surface area contributed by atoms with Gasteiger partial charge in [-0.05, 0) is 23.6 Å². The molecule has 1 unspecified atom stereocenters. The van der Waals surface area contributed by atoms with E-state index in [1.54, 1.807) is 11.3 Å². The van der Waals surface area contributed by atoms with Gasteiger partial charge >= 0.3 is 0 Å². The highest BCUT2D eigenvalue weighted by molar-refractivity contribution is 7.10. The molecule has 2 aromatic rings. The lowest BCUT2D eigenvalue weighted by Gasteiger charge is -2.12. The molecule has 0 saturated carbocycles. The van der Waals surface area contributed by atoms with Gasteiger partial charge in [0, 0.05) is 4.88 Å². The Morgan fingerprint density at radius 1 is 1.25 bits per heavy atom. The molecule has 0 fully saturated rings. The smallest absolute Gasteiger partial charge is 0.119 e. The van der Waals surface area contributed by atoms with Gasteiger partial charge in [-0.2, -0.15) is 0 Å². The number of thiophene rings is 1. The maximum Gasteiger partial charge on any atom is 0.119 e. The number of para-hydroxylation sites is 1. The largest absolute Gasteiger partial charge is 0.492 e. The normalized spacial score (nSPS) is 12.4. The van der Waals surface area contributed by atoms with Crippen molar-refractivity contribution >= 4 is 22.9 Å². The number of halogens is 1. The zero-order chi connectivity index (χ0) is 11.4. The van der Waals surface area contributed by atoms with Crippen LogP contribution in [0.25, 0.3) is 0 Å². The van der Waals surface area contributed by atoms with E-state index in [0.29, 0.717) is 11.6 Å². The Balaban J connectivity index is 1.94. The van der Waals surface area contributed by atoms with Crippen LogP contribution in [0.15, 0.2) is 41.8 Å². The third kappa shape index (κ3) is 2.76. The van der Waals surface area contributed by atoms with Crippen LogP contribution >= 0.6 is 22.9 Å². The lowest BCUT2D eigenvalue weighted by Crippen LogP contribution is -2.18. The number of ether oxygens (including phenoxy) is 1. The molecule has 0 spiro atoms. The van der Waals surface area contributed by atoms with Crippen molar-refractivity contribution in [2.75, 3.05) is 6.61 Å². The molecule has 1 aromatic carbocycles. The fourth-order valence-corrected chi connectivity index (χ4v) is 2.53. The summed E-state index contributed by atoms with van der Waals surface area (Å²) in [5, 5.41) is 2.65. The first-order chi connectivity index (χ1) is 7.77. The summed E-state index contributed by atoms with van der Waals surface area (Å²) in [6.45, 7) is 0.435. The minimum absolute atomic E-state index is 0.173. The summed E-state index contributed by atoms with van der Waals surface area (Å²) < 4.78 is 5.57. The van der Waals surface area contributed by atoms with Crippen LogP contribution in [0.2, 0.25) is 5.02 Å². The van der Waals surface area contributed by atoms with Gasteiger partial charge in [-0.15, -0.1) is 11.3 Å². The molecule has 2 nitrogen and oxygen atoms in total. The molecule has 1 aromatic heterocycles. The van der Waals surface area contributed by atoms with Gasteiger partial charge in [-0.1, -0.05) is 29.8 Å². The molecule has 0 aliphatic carbocycles. The molecular weight excluding hydrogens is 242 g/mol. The molecule has 84 valence electrons. The molecule has 0 radical (unpaired) electrons. The lowest BCUT2D eigenvalue weighted by molar-refractivity contribution is 0.292. The summed E-state index contributed by atoms with van der Waals surface area (Å²) >= 11 is 7.55. The quantitative estimate of drug-likeness (QED) is 0.906. The fraction of sp³-hybridized carbons (Fsp3) is 0.167. The molecule has 0 amide bonds. The van der Waals surface area contributed by atoms with E-state index in [1.807, 2.05) is 41.8 Å². The van der Waals surface area contributed by atoms with Gasteiger partial charge in [0.25, 0.3) is 0 Å². The van der Waals surface area contributed by atoms with Crippen LogP contribution in [-0.4, -0.2) is 6.61 Å². The van der Waals surface area contributed by atoms with Gasteiger partial charge in [0.15, 0.2) is 0 Å². The molecule has 1 atom stereocenters. The van der Waals surface area contributed by atoms with Crippen molar-refractivity contribution < 1.29 is 4.74 Å². The van der Waals surface area contributed by atoms with E-state index < -0.39 is 0 Å². The molecule has 4 heteroatoms. The molecule has 2 rings (SSSR count). The second-order valence-electron chi connectivity index (χ2n) is 3.36. The minimum atomic E-state index is -0.173. The Morgan fingerprint density at radius 2 is 2.00 bits per heavy atom. The number of benzene rings is 1. The predicted octanol–water partition coefficient (Wildman–Crippen LogP) is 3.48. The highest BCUT2D eigenvalue weighted by Crippen LogP contribution is 2.27. The van der Waals surface area contributed by atoms with Crippen molar-refractivity contribution in [2.45, 2.75) is 6.04 Å². The van der Waals surface area contributed by atoms with Crippen molar-refractivity contribution in [1.82, 2.24) is 0 Å². The van der Waals surface area contributed by atoms with Gasteiger partial charge in [-0.3, -0.25) is 0 Å². The van der Waals surface area contributed by atoms with E-state index >= 15 is 0 Å². The van der Waals surface area contributed by atoms with Crippen LogP contribution < -0.4 is 10.5 Å². The van der Waals surface area contributed by atoms with Crippen molar-refractivity contribution in [3.8, 4) is 5.75 Å². The summed E-state index contributed by atoms with van der Waals surface area (Å²) in [5.74, 6) is 0.825. The van der Waals surface area contributed by atoms with Crippen LogP contribution in [0.5, 0.6) is 5.75 Å². The zero-order valence-corrected chi connectivity index (χ0v) is 10.2. The van der Waals surface area contributed by atoms with Crippen LogP contribution in [0, 0.1) is 0 Å². The Kier molecular flexibility index (Phi) is 3.83. The summed E-state index contributed by atoms with van der Waals surface area (Å²) in [6.07, 6.45) is 0. The molecule has 0 aliphatic rings. The average molecular weight is 254 g/mol. The average Bonchev–Trinajstić information content (AvgIpc) is 2.74. The van der Waals surface area contributed by atoms with Gasteiger partial charge in [0.2, 0.25) is 0 Å². The van der Waals surface area contributed by atoms with Crippen LogP contribution in [-0.2, 0) is 0 Å². The van der Waals surface area contributed by atoms with Crippen molar-refractivity contribution in [1.29, 1.82) is 0 Å². The van der Waals surface area contributed by atoms with Crippen LogP contribution in [0.1, 0.15) is 10.9 Å². The van der Waals surface area contributed by atoms with Crippen molar-refractivity contribution in [2.24, 2.45) is 5.73 Å². The molecule has 0 bridgehead atoms. The Bertz CT molecular complexity index is 443. The summed E-state index contributed by atoms with van der Waals surface area (Å²) in [7, 11) is 0. The van der Waals surface area contributed by atoms with Gasteiger partial charge < -0.3 is 10.5 Å². The van der Waals surface area contributed by atoms with E-state index in [1.165, 1.54) is 0 Å². The highest BCUT2D eigenvalue weighted by Gasteiger charge is 2.12. The first-order valence-electron chi connectivity index (χ1n) is 4.93. The standard InChI is InChI=1S/C12H12ClNOS/c13-10-6-7-16-12(10)11(14)8-15-9-4-2-1-3-5-9/h1-7,11H,8,14H2. The third-order valence-electron chi connectivity index (χ3n) is 2.15. The number of rotatable bonds is 4. The second kappa shape index (κ2) is 5.34. The number of hydrogen-bond acceptors (Lipinski definition) is 3. The molecule has 16 heavy (non-hydrogen) atoms. The van der Waals surface area contributed by atoms with E-state index in [4.69, 9.17) is 22.1 Å². The van der Waals surface area contributed by atoms with E-state index in [-0.39, 0.29) is 6.04 Å². The first kappa shape index (κ1) is 11.5. The van der Waals surface area contributed by atoms with E-state index in [2.05, 4.69) is 0 Å². The molecule has 0 saturated heterocycles. The fourth-order valence-electron chi connectivity index (χ4n) is 1.35. The lowest BCUT2D eigenvalue weighted by atomic mass is 10.3. The molecule has 1 heterocycles. The van der Waals surface area contributed by atoms with Crippen molar-refractivity contribution in [3.05, 3.63) is 51.7 Å². The van der Waals surface area contributed by atoms with Crippen LogP contribution in [0.3, 0.4) is 0 Å². The first-order valence-corrected chi connectivity index (χ1v) is 6.19. The van der Waals surface area contributed by atoms with Gasteiger partial charge in [0.05, 0.1) is 11.1 Å². The molecule has 0 aliphatic heterocycles. The summed E-state index contributed by atoms with van der Waals surface area (Å²) in [5.41, 5.74) is 5.99. The second-order valence-corrected chi connectivity index (χ2v) is 4.72. The Morgan fingerprint density at radius 3 is 2.62 bits per heavy atom. The Labute approximate surface area is 104 Å². The molecular formula is C12H12ClNOS. The molecule has 2 N–H and O–H groups in total. The van der Waals surface area contributed by atoms with Crippen molar-refractivity contribution in [3.63, 3.8) is 0 Å². The maximum absolute atomic E-state index is 5.99. The van der Waals surface area contributed by atoms with Crippen LogP contribution in [0.4, 0.5) is 0 Å². The number of nitrogens with two attached hydrogens (primary N) is 1. The minimum Gasteiger partial charge on any atom is -0.492 e. The van der Waals surface area contributed by atoms with Gasteiger partial charge in [-0.25, -0.2) is 0 Å². The van der Waals surface area contributed by atoms with Gasteiger partial charge in [0.1, 0.15) is 12.4 Å². The highest BCUT2D eigenvalue weighted by atomic mass is 35.5. The third-order valence-corrected chi connectivity index (χ3v) is 3.64. The van der Waals surface area contributed by atoms with E-state index in [9.17, 15) is 0 Å². The number of hydrogen-bond donors (Lipinski definition) is 1. The summed E-state index contributed by atoms with van der Waals surface area (Å²) in [6, 6.07) is 11.3. The monoisotopic (exact) mass is 253 g/mol. The Hall–Kier alpha value is -1.03. The SMILES string of the molecule is NC(COc1ccccc1)c1sccc1Cl. The topological polar surface area (TPSA) is 35.2 Å². The zero-order valence-electron chi connectivity index (χ0n) is 8.60.